The van der Waals surface area contributed by atoms with E-state index in [9.17, 15) is 19.1 Å². The molecule has 1 aromatic rings. The highest BCUT2D eigenvalue weighted by Gasteiger charge is 2.31. The van der Waals surface area contributed by atoms with Crippen LogP contribution in [0.2, 0.25) is 0 Å². The SMILES string of the molecule is Cc1cc(C(C(=O)O)N(C)C(=O)OC(C)(C)C)ccc1F. The van der Waals surface area contributed by atoms with E-state index in [2.05, 4.69) is 0 Å². The van der Waals surface area contributed by atoms with E-state index in [1.807, 2.05) is 0 Å². The van der Waals surface area contributed by atoms with Crippen molar-refractivity contribution in [2.24, 2.45) is 0 Å². The Morgan fingerprint density at radius 2 is 1.90 bits per heavy atom. The number of aryl methyl sites for hydroxylation is 1. The van der Waals surface area contributed by atoms with Gasteiger partial charge in [0.2, 0.25) is 0 Å². The molecule has 0 radical (unpaired) electrons. The number of hydrogen-bond acceptors (Lipinski definition) is 3. The monoisotopic (exact) mass is 297 g/mol. The molecule has 0 heterocycles. The molecule has 1 rings (SSSR count). The van der Waals surface area contributed by atoms with E-state index in [-0.39, 0.29) is 0 Å². The third-order valence-corrected chi connectivity index (χ3v) is 2.80. The first kappa shape index (κ1) is 16.9. The maximum absolute atomic E-state index is 13.3. The van der Waals surface area contributed by atoms with Gasteiger partial charge in [-0.1, -0.05) is 12.1 Å². The van der Waals surface area contributed by atoms with Gasteiger partial charge in [0, 0.05) is 7.05 Å². The zero-order valence-corrected chi connectivity index (χ0v) is 12.8. The number of carboxylic acid groups (broad SMARTS) is 1. The molecule has 6 heteroatoms. The Labute approximate surface area is 123 Å². The maximum Gasteiger partial charge on any atom is 0.411 e. The Bertz CT molecular complexity index is 551. The summed E-state index contributed by atoms with van der Waals surface area (Å²) in [6, 6.07) is 2.71. The lowest BCUT2D eigenvalue weighted by Crippen LogP contribution is -2.39. The van der Waals surface area contributed by atoms with Gasteiger partial charge in [0.1, 0.15) is 11.4 Å². The first-order valence-corrected chi connectivity index (χ1v) is 6.47. The first-order chi connectivity index (χ1) is 9.53. The fraction of sp³-hybridized carbons (Fsp3) is 0.467. The van der Waals surface area contributed by atoms with Crippen LogP contribution in [0.5, 0.6) is 0 Å². The summed E-state index contributed by atoms with van der Waals surface area (Å²) >= 11 is 0. The van der Waals surface area contributed by atoms with E-state index >= 15 is 0 Å². The summed E-state index contributed by atoms with van der Waals surface area (Å²) < 4.78 is 18.4. The Kier molecular flexibility index (Phi) is 4.93. The molecule has 0 aromatic heterocycles. The largest absolute Gasteiger partial charge is 0.479 e. The molecule has 1 unspecified atom stereocenters. The van der Waals surface area contributed by atoms with Gasteiger partial charge in [-0.05, 0) is 44.9 Å². The summed E-state index contributed by atoms with van der Waals surface area (Å²) in [7, 11) is 1.34. The molecular formula is C15H20FNO4. The van der Waals surface area contributed by atoms with Gasteiger partial charge < -0.3 is 9.84 Å². The Morgan fingerprint density at radius 3 is 2.33 bits per heavy atom. The molecule has 1 amide bonds. The highest BCUT2D eigenvalue weighted by atomic mass is 19.1. The zero-order valence-electron chi connectivity index (χ0n) is 12.8. The van der Waals surface area contributed by atoms with Crippen LogP contribution >= 0.6 is 0 Å². The highest BCUT2D eigenvalue weighted by Crippen LogP contribution is 2.24. The summed E-state index contributed by atoms with van der Waals surface area (Å²) in [5.74, 6) is -1.64. The normalized spacial score (nSPS) is 12.7. The number of carboxylic acids is 1. The van der Waals surface area contributed by atoms with Crippen LogP contribution in [0.25, 0.3) is 0 Å². The molecule has 5 nitrogen and oxygen atoms in total. The lowest BCUT2D eigenvalue weighted by atomic mass is 10.0. The molecule has 0 aliphatic carbocycles. The molecular weight excluding hydrogens is 277 g/mol. The average molecular weight is 297 g/mol. The van der Waals surface area contributed by atoms with Crippen LogP contribution in [-0.2, 0) is 9.53 Å². The van der Waals surface area contributed by atoms with Crippen molar-refractivity contribution < 1.29 is 23.8 Å². The summed E-state index contributed by atoms with van der Waals surface area (Å²) in [5.41, 5.74) is -0.0984. The Balaban J connectivity index is 3.09. The fourth-order valence-electron chi connectivity index (χ4n) is 1.81. The second-order valence-electron chi connectivity index (χ2n) is 5.84. The van der Waals surface area contributed by atoms with Crippen molar-refractivity contribution in [3.8, 4) is 0 Å². The Hall–Kier alpha value is -2.11. The van der Waals surface area contributed by atoms with Gasteiger partial charge in [-0.15, -0.1) is 0 Å². The van der Waals surface area contributed by atoms with Crippen LogP contribution in [0.15, 0.2) is 18.2 Å². The number of nitrogens with zero attached hydrogens (tertiary/aromatic N) is 1. The molecule has 1 N–H and O–H groups in total. The number of halogens is 1. The van der Waals surface area contributed by atoms with Crippen LogP contribution in [-0.4, -0.2) is 34.7 Å². The van der Waals surface area contributed by atoms with Crippen LogP contribution in [0, 0.1) is 12.7 Å². The summed E-state index contributed by atoms with van der Waals surface area (Å²) in [5, 5.41) is 9.36. The van der Waals surface area contributed by atoms with Gasteiger partial charge in [-0.25, -0.2) is 14.0 Å². The van der Waals surface area contributed by atoms with E-state index in [0.29, 0.717) is 11.1 Å². The zero-order chi connectivity index (χ0) is 16.4. The number of ether oxygens (including phenoxy) is 1. The third-order valence-electron chi connectivity index (χ3n) is 2.80. The number of benzene rings is 1. The molecule has 0 bridgehead atoms. The van der Waals surface area contributed by atoms with Crippen LogP contribution in [0.4, 0.5) is 9.18 Å². The van der Waals surface area contributed by atoms with Crippen LogP contribution < -0.4 is 0 Å². The molecule has 0 saturated heterocycles. The average Bonchev–Trinajstić information content (AvgIpc) is 2.31. The predicted molar refractivity (Wildman–Crippen MR) is 75.5 cm³/mol. The van der Waals surface area contributed by atoms with Crippen molar-refractivity contribution >= 4 is 12.1 Å². The number of aliphatic carboxylic acids is 1. The van der Waals surface area contributed by atoms with E-state index in [1.165, 1.54) is 32.2 Å². The van der Waals surface area contributed by atoms with Crippen molar-refractivity contribution in [1.82, 2.24) is 4.90 Å². The lowest BCUT2D eigenvalue weighted by molar-refractivity contribution is -0.142. The molecule has 116 valence electrons. The highest BCUT2D eigenvalue weighted by molar-refractivity contribution is 5.81. The molecule has 21 heavy (non-hydrogen) atoms. The summed E-state index contributed by atoms with van der Waals surface area (Å²) in [6.45, 7) is 6.61. The second kappa shape index (κ2) is 6.11. The van der Waals surface area contributed by atoms with Crippen molar-refractivity contribution in [2.45, 2.75) is 39.3 Å². The summed E-state index contributed by atoms with van der Waals surface area (Å²) in [4.78, 5) is 24.4. The number of carbonyl (C=O) groups excluding carboxylic acids is 1. The number of rotatable bonds is 3. The second-order valence-corrected chi connectivity index (χ2v) is 5.84. The lowest BCUT2D eigenvalue weighted by Gasteiger charge is -2.28. The predicted octanol–water partition coefficient (Wildman–Crippen LogP) is 3.13. The minimum absolute atomic E-state index is 0.315. The van der Waals surface area contributed by atoms with Gasteiger partial charge in [-0.2, -0.15) is 0 Å². The number of amides is 1. The minimum atomic E-state index is -1.24. The quantitative estimate of drug-likeness (QED) is 0.930. The van der Waals surface area contributed by atoms with Gasteiger partial charge in [0.25, 0.3) is 0 Å². The van der Waals surface area contributed by atoms with E-state index in [0.717, 1.165) is 4.90 Å². The van der Waals surface area contributed by atoms with E-state index in [4.69, 9.17) is 4.74 Å². The smallest absolute Gasteiger partial charge is 0.411 e. The van der Waals surface area contributed by atoms with Crippen molar-refractivity contribution in [3.05, 3.63) is 35.1 Å². The molecule has 0 saturated carbocycles. The molecule has 0 aliphatic heterocycles. The third kappa shape index (κ3) is 4.44. The minimum Gasteiger partial charge on any atom is -0.479 e. The van der Waals surface area contributed by atoms with Crippen LogP contribution in [0.1, 0.15) is 37.9 Å². The topological polar surface area (TPSA) is 66.8 Å². The number of hydrogen-bond donors (Lipinski definition) is 1. The molecule has 1 atom stereocenters. The van der Waals surface area contributed by atoms with Gasteiger partial charge in [0.05, 0.1) is 0 Å². The number of likely N-dealkylation sites (N-methyl/N-ethyl adjacent to an activating group) is 1. The molecule has 0 spiro atoms. The van der Waals surface area contributed by atoms with Gasteiger partial charge in [-0.3, -0.25) is 4.90 Å². The van der Waals surface area contributed by atoms with Gasteiger partial charge in [0.15, 0.2) is 6.04 Å². The van der Waals surface area contributed by atoms with Crippen LogP contribution in [0.3, 0.4) is 0 Å². The van der Waals surface area contributed by atoms with E-state index < -0.39 is 29.5 Å². The van der Waals surface area contributed by atoms with Crippen molar-refractivity contribution in [3.63, 3.8) is 0 Å². The van der Waals surface area contributed by atoms with E-state index in [1.54, 1.807) is 20.8 Å². The van der Waals surface area contributed by atoms with Crippen molar-refractivity contribution in [2.75, 3.05) is 7.05 Å². The summed E-state index contributed by atoms with van der Waals surface area (Å²) in [6.07, 6.45) is -0.753. The first-order valence-electron chi connectivity index (χ1n) is 6.47. The molecule has 0 aliphatic rings. The molecule has 0 fully saturated rings. The number of carbonyl (C=O) groups is 2. The fourth-order valence-corrected chi connectivity index (χ4v) is 1.81. The van der Waals surface area contributed by atoms with Gasteiger partial charge >= 0.3 is 12.1 Å². The maximum atomic E-state index is 13.3. The standard InChI is InChI=1S/C15H20FNO4/c1-9-8-10(6-7-11(9)16)12(13(18)19)17(5)14(20)21-15(2,3)4/h6-8,12H,1-5H3,(H,18,19). The molecule has 1 aromatic carbocycles. The Morgan fingerprint density at radius 1 is 1.33 bits per heavy atom. The van der Waals surface area contributed by atoms with Crippen molar-refractivity contribution in [1.29, 1.82) is 0 Å².